The highest BCUT2D eigenvalue weighted by molar-refractivity contribution is 5.25. The van der Waals surface area contributed by atoms with E-state index in [2.05, 4.69) is 62.3 Å². The van der Waals surface area contributed by atoms with Crippen molar-refractivity contribution in [3.63, 3.8) is 0 Å². The van der Waals surface area contributed by atoms with E-state index in [-0.39, 0.29) is 0 Å². The molecule has 0 spiro atoms. The largest absolute Gasteiger partial charge is 0.380 e. The fourth-order valence-corrected chi connectivity index (χ4v) is 3.05. The van der Waals surface area contributed by atoms with Crippen molar-refractivity contribution >= 4 is 0 Å². The summed E-state index contributed by atoms with van der Waals surface area (Å²) >= 11 is 0. The number of hydrogen-bond acceptors (Lipinski definition) is 3. The second-order valence-electron chi connectivity index (χ2n) is 6.27. The molecule has 0 aliphatic carbocycles. The van der Waals surface area contributed by atoms with Crippen LogP contribution >= 0.6 is 0 Å². The van der Waals surface area contributed by atoms with Gasteiger partial charge in [-0.1, -0.05) is 36.8 Å². The highest BCUT2D eigenvalue weighted by Crippen LogP contribution is 2.24. The molecular weight excluding hydrogens is 260 g/mol. The van der Waals surface area contributed by atoms with Gasteiger partial charge in [-0.25, -0.2) is 0 Å². The number of hydrogen-bond donors (Lipinski definition) is 1. The Bertz CT molecular complexity index is 412. The minimum absolute atomic E-state index is 0.371. The van der Waals surface area contributed by atoms with Crippen LogP contribution in [-0.4, -0.2) is 43.8 Å². The van der Waals surface area contributed by atoms with Crippen LogP contribution in [0.15, 0.2) is 24.3 Å². The molecule has 1 aromatic carbocycles. The molecule has 3 nitrogen and oxygen atoms in total. The number of likely N-dealkylation sites (N-methyl/N-ethyl adjacent to an activating group) is 1. The predicted octanol–water partition coefficient (Wildman–Crippen LogP) is 3.14. The average Bonchev–Trinajstić information content (AvgIpc) is 3.02. The Hall–Kier alpha value is -0.900. The third-order valence-electron chi connectivity index (χ3n) is 4.66. The molecule has 0 radical (unpaired) electrons. The lowest BCUT2D eigenvalue weighted by Crippen LogP contribution is -2.46. The summed E-state index contributed by atoms with van der Waals surface area (Å²) in [7, 11) is 2.23. The molecule has 118 valence electrons. The van der Waals surface area contributed by atoms with Gasteiger partial charge in [-0.3, -0.25) is 4.90 Å². The molecule has 3 atom stereocenters. The molecule has 1 saturated heterocycles. The van der Waals surface area contributed by atoms with Crippen molar-refractivity contribution < 1.29 is 4.74 Å². The van der Waals surface area contributed by atoms with Gasteiger partial charge in [0.2, 0.25) is 0 Å². The first-order valence-electron chi connectivity index (χ1n) is 8.23. The van der Waals surface area contributed by atoms with Crippen molar-refractivity contribution in [2.75, 3.05) is 26.8 Å². The third-order valence-corrected chi connectivity index (χ3v) is 4.66. The Morgan fingerprint density at radius 3 is 2.62 bits per heavy atom. The van der Waals surface area contributed by atoms with E-state index >= 15 is 0 Å². The van der Waals surface area contributed by atoms with Gasteiger partial charge < -0.3 is 10.1 Å². The molecule has 2 rings (SSSR count). The molecular formula is C18H30N2O. The van der Waals surface area contributed by atoms with E-state index in [0.717, 1.165) is 32.6 Å². The zero-order valence-corrected chi connectivity index (χ0v) is 13.9. The molecule has 1 aromatic rings. The molecule has 1 aliphatic rings. The Labute approximate surface area is 129 Å². The smallest absolute Gasteiger partial charge is 0.0622 e. The molecule has 0 aromatic heterocycles. The van der Waals surface area contributed by atoms with E-state index in [1.54, 1.807) is 0 Å². The summed E-state index contributed by atoms with van der Waals surface area (Å²) in [6.45, 7) is 9.51. The monoisotopic (exact) mass is 290 g/mol. The normalized spacial score (nSPS) is 21.7. The van der Waals surface area contributed by atoms with Crippen molar-refractivity contribution in [1.82, 2.24) is 10.2 Å². The van der Waals surface area contributed by atoms with E-state index in [1.165, 1.54) is 11.1 Å². The van der Waals surface area contributed by atoms with Gasteiger partial charge in [-0.2, -0.15) is 0 Å². The van der Waals surface area contributed by atoms with Gasteiger partial charge in [0.25, 0.3) is 0 Å². The SMILES string of the molecule is CCCNC(c1ccc(C)cc1)C(C)N(C)C1CCOC1. The fraction of sp³-hybridized carbons (Fsp3) is 0.667. The van der Waals surface area contributed by atoms with Crippen LogP contribution in [0.2, 0.25) is 0 Å². The maximum absolute atomic E-state index is 5.55. The molecule has 1 aliphatic heterocycles. The minimum atomic E-state index is 0.371. The van der Waals surface area contributed by atoms with Crippen LogP contribution in [0.3, 0.4) is 0 Å². The number of nitrogens with zero attached hydrogens (tertiary/aromatic N) is 1. The van der Waals surface area contributed by atoms with Gasteiger partial charge in [-0.15, -0.1) is 0 Å². The molecule has 1 heterocycles. The van der Waals surface area contributed by atoms with E-state index in [1.807, 2.05) is 0 Å². The molecule has 1 fully saturated rings. The topological polar surface area (TPSA) is 24.5 Å². The van der Waals surface area contributed by atoms with Crippen LogP contribution < -0.4 is 5.32 Å². The quantitative estimate of drug-likeness (QED) is 0.835. The summed E-state index contributed by atoms with van der Waals surface area (Å²) in [5.74, 6) is 0. The lowest BCUT2D eigenvalue weighted by atomic mass is 9.97. The zero-order chi connectivity index (χ0) is 15.2. The van der Waals surface area contributed by atoms with Gasteiger partial charge in [0.1, 0.15) is 0 Å². The van der Waals surface area contributed by atoms with Crippen LogP contribution in [-0.2, 0) is 4.74 Å². The second-order valence-corrected chi connectivity index (χ2v) is 6.27. The highest BCUT2D eigenvalue weighted by atomic mass is 16.5. The van der Waals surface area contributed by atoms with Crippen LogP contribution in [0.5, 0.6) is 0 Å². The van der Waals surface area contributed by atoms with E-state index in [0.29, 0.717) is 18.1 Å². The second kappa shape index (κ2) is 7.92. The van der Waals surface area contributed by atoms with E-state index in [9.17, 15) is 0 Å². The van der Waals surface area contributed by atoms with Crippen LogP contribution in [0.1, 0.15) is 43.9 Å². The predicted molar refractivity (Wildman–Crippen MR) is 88.7 cm³/mol. The molecule has 0 saturated carbocycles. The number of rotatable bonds is 7. The first kappa shape index (κ1) is 16.5. The third kappa shape index (κ3) is 4.29. The molecule has 0 bridgehead atoms. The molecule has 3 unspecified atom stereocenters. The van der Waals surface area contributed by atoms with Gasteiger partial charge >= 0.3 is 0 Å². The summed E-state index contributed by atoms with van der Waals surface area (Å²) in [5, 5.41) is 3.73. The summed E-state index contributed by atoms with van der Waals surface area (Å²) in [6, 6.07) is 10.3. The maximum atomic E-state index is 5.55. The minimum Gasteiger partial charge on any atom is -0.380 e. The van der Waals surface area contributed by atoms with Gasteiger partial charge in [0.15, 0.2) is 0 Å². The molecule has 1 N–H and O–H groups in total. The molecule has 3 heteroatoms. The van der Waals surface area contributed by atoms with Gasteiger partial charge in [0.05, 0.1) is 6.61 Å². The fourth-order valence-electron chi connectivity index (χ4n) is 3.05. The lowest BCUT2D eigenvalue weighted by Gasteiger charge is -2.36. The Kier molecular flexibility index (Phi) is 6.22. The lowest BCUT2D eigenvalue weighted by molar-refractivity contribution is 0.120. The number of benzene rings is 1. The Morgan fingerprint density at radius 1 is 1.33 bits per heavy atom. The number of nitrogens with one attached hydrogen (secondary N) is 1. The molecule has 0 amide bonds. The van der Waals surface area contributed by atoms with Crippen molar-refractivity contribution in [1.29, 1.82) is 0 Å². The average molecular weight is 290 g/mol. The number of aryl methyl sites for hydroxylation is 1. The van der Waals surface area contributed by atoms with Crippen LogP contribution in [0, 0.1) is 6.92 Å². The van der Waals surface area contributed by atoms with Crippen molar-refractivity contribution in [2.45, 2.75) is 51.7 Å². The zero-order valence-electron chi connectivity index (χ0n) is 13.9. The summed E-state index contributed by atoms with van der Waals surface area (Å²) < 4.78 is 5.55. The first-order valence-corrected chi connectivity index (χ1v) is 8.23. The maximum Gasteiger partial charge on any atom is 0.0622 e. The van der Waals surface area contributed by atoms with Crippen molar-refractivity contribution in [3.8, 4) is 0 Å². The van der Waals surface area contributed by atoms with Crippen LogP contribution in [0.25, 0.3) is 0 Å². The van der Waals surface area contributed by atoms with Crippen LogP contribution in [0.4, 0.5) is 0 Å². The summed E-state index contributed by atoms with van der Waals surface area (Å²) in [4.78, 5) is 2.49. The number of ether oxygens (including phenoxy) is 1. The summed E-state index contributed by atoms with van der Waals surface area (Å²) in [6.07, 6.45) is 2.31. The first-order chi connectivity index (χ1) is 10.1. The summed E-state index contributed by atoms with van der Waals surface area (Å²) in [5.41, 5.74) is 2.70. The van der Waals surface area contributed by atoms with E-state index in [4.69, 9.17) is 4.74 Å². The van der Waals surface area contributed by atoms with Gasteiger partial charge in [-0.05, 0) is 45.8 Å². The van der Waals surface area contributed by atoms with Gasteiger partial charge in [0, 0.05) is 24.7 Å². The molecule has 21 heavy (non-hydrogen) atoms. The Balaban J connectivity index is 2.11. The highest BCUT2D eigenvalue weighted by Gasteiger charge is 2.29. The van der Waals surface area contributed by atoms with E-state index < -0.39 is 0 Å². The Morgan fingerprint density at radius 2 is 2.05 bits per heavy atom. The van der Waals surface area contributed by atoms with Crippen molar-refractivity contribution in [2.24, 2.45) is 0 Å². The van der Waals surface area contributed by atoms with Crippen molar-refractivity contribution in [3.05, 3.63) is 35.4 Å². The standard InChI is InChI=1S/C18H30N2O/c1-5-11-19-18(16-8-6-14(2)7-9-16)15(3)20(4)17-10-12-21-13-17/h6-9,15,17-19H,5,10-13H2,1-4H3.